The molecule has 0 saturated carbocycles. The molecule has 28 heavy (non-hydrogen) atoms. The monoisotopic (exact) mass is 392 g/mol. The van der Waals surface area contributed by atoms with Gasteiger partial charge in [0.2, 0.25) is 0 Å². The van der Waals surface area contributed by atoms with Crippen LogP contribution < -0.4 is 15.4 Å². The molecule has 0 fully saturated rings. The molecule has 0 aromatic heterocycles. The van der Waals surface area contributed by atoms with Crippen LogP contribution in [0.15, 0.2) is 66.7 Å². The number of para-hydroxylation sites is 1. The van der Waals surface area contributed by atoms with E-state index in [1.165, 1.54) is 0 Å². The minimum atomic E-state index is -0.288. The Bertz CT molecular complexity index is 966. The molecular formula is C23H24N2O2S. The summed E-state index contributed by atoms with van der Waals surface area (Å²) in [5, 5.41) is 8.28. The summed E-state index contributed by atoms with van der Waals surface area (Å²) >= 11 is 5.36. The number of carbonyl (C=O) groups is 1. The maximum atomic E-state index is 12.7. The fourth-order valence-electron chi connectivity index (χ4n) is 2.97. The maximum absolute atomic E-state index is 12.7. The van der Waals surface area contributed by atoms with Crippen LogP contribution in [0, 0.1) is 0 Å². The highest BCUT2D eigenvalue weighted by molar-refractivity contribution is 7.80. The first-order chi connectivity index (χ1) is 13.7. The van der Waals surface area contributed by atoms with E-state index < -0.39 is 0 Å². The molecule has 3 aromatic carbocycles. The third kappa shape index (κ3) is 5.08. The van der Waals surface area contributed by atoms with Crippen molar-refractivity contribution in [2.24, 2.45) is 0 Å². The number of rotatable bonds is 7. The predicted molar refractivity (Wildman–Crippen MR) is 119 cm³/mol. The van der Waals surface area contributed by atoms with Crippen molar-refractivity contribution in [2.45, 2.75) is 26.2 Å². The molecule has 4 nitrogen and oxygen atoms in total. The van der Waals surface area contributed by atoms with E-state index in [2.05, 4.69) is 17.6 Å². The molecule has 0 aliphatic heterocycles. The molecule has 0 heterocycles. The number of fused-ring (bicyclic) bond motifs is 1. The molecule has 3 rings (SSSR count). The zero-order valence-corrected chi connectivity index (χ0v) is 16.7. The van der Waals surface area contributed by atoms with E-state index in [1.54, 1.807) is 6.07 Å². The van der Waals surface area contributed by atoms with Gasteiger partial charge in [-0.1, -0.05) is 68.3 Å². The average Bonchev–Trinajstić information content (AvgIpc) is 2.72. The molecule has 3 aromatic rings. The van der Waals surface area contributed by atoms with Crippen LogP contribution in [0.5, 0.6) is 5.75 Å². The summed E-state index contributed by atoms with van der Waals surface area (Å²) in [4.78, 5) is 12.7. The van der Waals surface area contributed by atoms with Crippen molar-refractivity contribution in [3.63, 3.8) is 0 Å². The fourth-order valence-corrected chi connectivity index (χ4v) is 3.18. The minimum absolute atomic E-state index is 0.252. The number of anilines is 1. The Balaban J connectivity index is 1.67. The number of thiocarbonyl (C=S) groups is 1. The van der Waals surface area contributed by atoms with Crippen molar-refractivity contribution in [1.82, 2.24) is 5.32 Å². The second-order valence-electron chi connectivity index (χ2n) is 6.49. The number of unbranched alkanes of at least 4 members (excludes halogenated alkanes) is 2. The molecule has 0 radical (unpaired) electrons. The normalized spacial score (nSPS) is 10.5. The number of benzene rings is 3. The lowest BCUT2D eigenvalue weighted by Gasteiger charge is -2.14. The number of ether oxygens (including phenoxy) is 1. The van der Waals surface area contributed by atoms with Crippen LogP contribution in [-0.2, 0) is 0 Å². The van der Waals surface area contributed by atoms with E-state index in [-0.39, 0.29) is 11.0 Å². The van der Waals surface area contributed by atoms with Crippen molar-refractivity contribution in [1.29, 1.82) is 0 Å². The fraction of sp³-hybridized carbons (Fsp3) is 0.217. The van der Waals surface area contributed by atoms with Crippen LogP contribution in [0.1, 0.15) is 36.5 Å². The number of hydrogen-bond acceptors (Lipinski definition) is 3. The topological polar surface area (TPSA) is 50.4 Å². The zero-order chi connectivity index (χ0) is 19.8. The lowest BCUT2D eigenvalue weighted by atomic mass is 10.1. The lowest BCUT2D eigenvalue weighted by molar-refractivity contribution is 0.0973. The summed E-state index contributed by atoms with van der Waals surface area (Å²) in [6.45, 7) is 2.74. The van der Waals surface area contributed by atoms with Crippen molar-refractivity contribution < 1.29 is 9.53 Å². The molecule has 0 saturated heterocycles. The molecular weight excluding hydrogens is 368 g/mol. The van der Waals surface area contributed by atoms with Crippen LogP contribution in [0.25, 0.3) is 10.8 Å². The maximum Gasteiger partial charge on any atom is 0.261 e. The Morgan fingerprint density at radius 1 is 0.964 bits per heavy atom. The van der Waals surface area contributed by atoms with E-state index in [0.717, 1.165) is 35.7 Å². The average molecular weight is 393 g/mol. The van der Waals surface area contributed by atoms with Gasteiger partial charge < -0.3 is 10.1 Å². The van der Waals surface area contributed by atoms with Gasteiger partial charge >= 0.3 is 0 Å². The van der Waals surface area contributed by atoms with Gasteiger partial charge in [0.05, 0.1) is 12.2 Å². The van der Waals surface area contributed by atoms with Crippen molar-refractivity contribution in [3.8, 4) is 5.75 Å². The van der Waals surface area contributed by atoms with Crippen LogP contribution in [0.2, 0.25) is 0 Å². The molecule has 0 aliphatic carbocycles. The molecule has 1 amide bonds. The van der Waals surface area contributed by atoms with Crippen molar-refractivity contribution >= 4 is 39.7 Å². The van der Waals surface area contributed by atoms with Gasteiger partial charge in [-0.05, 0) is 42.2 Å². The van der Waals surface area contributed by atoms with Crippen LogP contribution in [0.3, 0.4) is 0 Å². The minimum Gasteiger partial charge on any atom is -0.493 e. The third-order valence-electron chi connectivity index (χ3n) is 4.40. The molecule has 5 heteroatoms. The van der Waals surface area contributed by atoms with E-state index in [4.69, 9.17) is 17.0 Å². The second kappa shape index (κ2) is 9.85. The second-order valence-corrected chi connectivity index (χ2v) is 6.89. The van der Waals surface area contributed by atoms with Gasteiger partial charge in [0.25, 0.3) is 5.91 Å². The number of nitrogens with one attached hydrogen (secondary N) is 2. The Labute approximate surface area is 170 Å². The summed E-state index contributed by atoms with van der Waals surface area (Å²) in [5.74, 6) is 0.285. The van der Waals surface area contributed by atoms with E-state index in [0.29, 0.717) is 17.9 Å². The van der Waals surface area contributed by atoms with Crippen molar-refractivity contribution in [2.75, 3.05) is 11.9 Å². The van der Waals surface area contributed by atoms with Gasteiger partial charge in [0, 0.05) is 11.1 Å². The molecule has 0 aliphatic rings. The molecule has 0 bridgehead atoms. The standard InChI is InChI=1S/C23H24N2O2S/c1-2-3-8-16-27-21-15-7-6-13-19(21)22(26)25-23(28)24-20-14-9-11-17-10-4-5-12-18(17)20/h4-7,9-15H,2-3,8,16H2,1H3,(H2,24,25,26,28). The Morgan fingerprint density at radius 3 is 2.57 bits per heavy atom. The predicted octanol–water partition coefficient (Wildman–Crippen LogP) is 5.54. The molecule has 0 unspecified atom stereocenters. The summed E-state index contributed by atoms with van der Waals surface area (Å²) in [7, 11) is 0. The van der Waals surface area contributed by atoms with E-state index >= 15 is 0 Å². The summed E-state index contributed by atoms with van der Waals surface area (Å²) in [6, 6.07) is 21.2. The summed E-state index contributed by atoms with van der Waals surface area (Å²) < 4.78 is 5.79. The molecule has 2 N–H and O–H groups in total. The van der Waals surface area contributed by atoms with E-state index in [9.17, 15) is 4.79 Å². The zero-order valence-electron chi connectivity index (χ0n) is 15.9. The third-order valence-corrected chi connectivity index (χ3v) is 4.61. The van der Waals surface area contributed by atoms with Gasteiger partial charge in [-0.3, -0.25) is 10.1 Å². The summed E-state index contributed by atoms with van der Waals surface area (Å²) in [5.41, 5.74) is 1.33. The molecule has 144 valence electrons. The Hall–Kier alpha value is -2.92. The summed E-state index contributed by atoms with van der Waals surface area (Å²) in [6.07, 6.45) is 3.19. The van der Waals surface area contributed by atoms with Gasteiger partial charge in [-0.25, -0.2) is 0 Å². The highest BCUT2D eigenvalue weighted by Gasteiger charge is 2.14. The first-order valence-corrected chi connectivity index (χ1v) is 9.92. The van der Waals surface area contributed by atoms with Crippen LogP contribution >= 0.6 is 12.2 Å². The van der Waals surface area contributed by atoms with Gasteiger partial charge in [-0.2, -0.15) is 0 Å². The van der Waals surface area contributed by atoms with Crippen LogP contribution in [-0.4, -0.2) is 17.6 Å². The van der Waals surface area contributed by atoms with Gasteiger partial charge in [-0.15, -0.1) is 0 Å². The number of amides is 1. The highest BCUT2D eigenvalue weighted by Crippen LogP contribution is 2.23. The Kier molecular flexibility index (Phi) is 6.98. The quantitative estimate of drug-likeness (QED) is 0.410. The highest BCUT2D eigenvalue weighted by atomic mass is 32.1. The molecule has 0 spiro atoms. The number of carbonyl (C=O) groups excluding carboxylic acids is 1. The number of hydrogen-bond donors (Lipinski definition) is 2. The smallest absolute Gasteiger partial charge is 0.261 e. The first kappa shape index (κ1) is 19.8. The van der Waals surface area contributed by atoms with Crippen molar-refractivity contribution in [3.05, 3.63) is 72.3 Å². The Morgan fingerprint density at radius 2 is 1.71 bits per heavy atom. The largest absolute Gasteiger partial charge is 0.493 e. The van der Waals surface area contributed by atoms with Gasteiger partial charge in [0.15, 0.2) is 5.11 Å². The molecule has 0 atom stereocenters. The first-order valence-electron chi connectivity index (χ1n) is 9.51. The van der Waals surface area contributed by atoms with Crippen LogP contribution in [0.4, 0.5) is 5.69 Å². The van der Waals surface area contributed by atoms with E-state index in [1.807, 2.05) is 60.7 Å². The van der Waals surface area contributed by atoms with Gasteiger partial charge in [0.1, 0.15) is 5.75 Å². The SMILES string of the molecule is CCCCCOc1ccccc1C(=O)NC(=S)Nc1cccc2ccccc12. The lowest BCUT2D eigenvalue weighted by Crippen LogP contribution is -2.34.